The molecule has 0 spiro atoms. The third-order valence-electron chi connectivity index (χ3n) is 1.94. The fraction of sp³-hybridized carbons (Fsp3) is 0.400. The number of hydrogen-bond acceptors (Lipinski definition) is 3. The largest absolute Gasteiger partial charge is 0.466 e. The number of alkyl halides is 2. The molecule has 0 aromatic carbocycles. The minimum atomic E-state index is -2.65. The van der Waals surface area contributed by atoms with E-state index in [2.05, 4.69) is 20.9 Å². The van der Waals surface area contributed by atoms with Crippen LogP contribution in [0.5, 0.6) is 0 Å². The van der Waals surface area contributed by atoms with E-state index in [1.807, 2.05) is 22.6 Å². The van der Waals surface area contributed by atoms with Crippen LogP contribution in [-0.2, 0) is 16.0 Å². The molecule has 0 aliphatic carbocycles. The molecular formula is C10H9BrF2INO2. The Bertz CT molecular complexity index is 429. The van der Waals surface area contributed by atoms with Gasteiger partial charge in [-0.15, -0.1) is 0 Å². The van der Waals surface area contributed by atoms with Crippen molar-refractivity contribution in [3.05, 3.63) is 25.5 Å². The van der Waals surface area contributed by atoms with Gasteiger partial charge in [0.15, 0.2) is 0 Å². The number of carbonyl (C=O) groups excluding carboxylic acids is 1. The van der Waals surface area contributed by atoms with Crippen LogP contribution in [0, 0.1) is 3.70 Å². The number of rotatable bonds is 4. The van der Waals surface area contributed by atoms with E-state index >= 15 is 0 Å². The molecule has 0 saturated carbocycles. The van der Waals surface area contributed by atoms with Crippen LogP contribution < -0.4 is 0 Å². The summed E-state index contributed by atoms with van der Waals surface area (Å²) in [5.74, 6) is -0.543. The van der Waals surface area contributed by atoms with Gasteiger partial charge in [-0.2, -0.15) is 0 Å². The normalized spacial score (nSPS) is 10.7. The van der Waals surface area contributed by atoms with E-state index in [9.17, 15) is 13.6 Å². The molecule has 0 radical (unpaired) electrons. The average molecular weight is 420 g/mol. The Morgan fingerprint density at radius 1 is 1.65 bits per heavy atom. The molecule has 0 atom stereocenters. The summed E-state index contributed by atoms with van der Waals surface area (Å²) in [5.41, 5.74) is -0.0109. The SMILES string of the molecule is CCOC(=O)Cc1c(C(F)F)cc(I)nc1Br. The molecule has 94 valence electrons. The molecule has 1 aromatic rings. The predicted molar refractivity (Wildman–Crippen MR) is 69.9 cm³/mol. The lowest BCUT2D eigenvalue weighted by molar-refractivity contribution is -0.142. The van der Waals surface area contributed by atoms with Crippen molar-refractivity contribution in [1.82, 2.24) is 4.98 Å². The second-order valence-electron chi connectivity index (χ2n) is 3.09. The van der Waals surface area contributed by atoms with Gasteiger partial charge in [0.25, 0.3) is 6.43 Å². The highest BCUT2D eigenvalue weighted by Gasteiger charge is 2.20. The van der Waals surface area contributed by atoms with Crippen molar-refractivity contribution in [2.45, 2.75) is 19.8 Å². The molecule has 1 aromatic heterocycles. The Kier molecular flexibility index (Phi) is 5.71. The highest BCUT2D eigenvalue weighted by atomic mass is 127. The number of halogens is 4. The Labute approximate surface area is 119 Å². The molecule has 3 nitrogen and oxygen atoms in total. The maximum Gasteiger partial charge on any atom is 0.310 e. The molecule has 1 rings (SSSR count). The lowest BCUT2D eigenvalue weighted by atomic mass is 10.1. The first-order chi connectivity index (χ1) is 7.95. The summed E-state index contributed by atoms with van der Waals surface area (Å²) in [6, 6.07) is 1.27. The first kappa shape index (κ1) is 14.7. The van der Waals surface area contributed by atoms with Crippen LogP contribution in [0.2, 0.25) is 0 Å². The van der Waals surface area contributed by atoms with Gasteiger partial charge in [0.1, 0.15) is 8.30 Å². The number of carbonyl (C=O) groups is 1. The van der Waals surface area contributed by atoms with Gasteiger partial charge >= 0.3 is 5.97 Å². The summed E-state index contributed by atoms with van der Waals surface area (Å²) in [5, 5.41) is 0. The topological polar surface area (TPSA) is 39.2 Å². The monoisotopic (exact) mass is 419 g/mol. The maximum absolute atomic E-state index is 12.8. The van der Waals surface area contributed by atoms with E-state index in [0.29, 0.717) is 3.70 Å². The maximum atomic E-state index is 12.8. The van der Waals surface area contributed by atoms with Crippen LogP contribution in [0.25, 0.3) is 0 Å². The number of pyridine rings is 1. The Hall–Kier alpha value is -0.310. The van der Waals surface area contributed by atoms with Gasteiger partial charge in [-0.25, -0.2) is 13.8 Å². The minimum Gasteiger partial charge on any atom is -0.466 e. The van der Waals surface area contributed by atoms with Gasteiger partial charge in [-0.3, -0.25) is 4.79 Å². The Morgan fingerprint density at radius 2 is 2.29 bits per heavy atom. The molecule has 0 fully saturated rings. The number of nitrogens with zero attached hydrogens (tertiary/aromatic N) is 1. The van der Waals surface area contributed by atoms with Crippen LogP contribution in [0.4, 0.5) is 8.78 Å². The number of hydrogen-bond donors (Lipinski definition) is 0. The van der Waals surface area contributed by atoms with E-state index in [1.54, 1.807) is 6.92 Å². The van der Waals surface area contributed by atoms with Crippen molar-refractivity contribution >= 4 is 44.5 Å². The second-order valence-corrected chi connectivity index (χ2v) is 4.94. The molecule has 17 heavy (non-hydrogen) atoms. The molecule has 0 aliphatic rings. The zero-order valence-corrected chi connectivity index (χ0v) is 12.6. The summed E-state index contributed by atoms with van der Waals surface area (Å²) in [4.78, 5) is 15.3. The zero-order chi connectivity index (χ0) is 13.0. The highest BCUT2D eigenvalue weighted by Crippen LogP contribution is 2.29. The molecular weight excluding hydrogens is 411 g/mol. The van der Waals surface area contributed by atoms with Crippen LogP contribution in [0.1, 0.15) is 24.5 Å². The molecule has 0 aliphatic heterocycles. The van der Waals surface area contributed by atoms with Gasteiger partial charge in [0, 0.05) is 11.1 Å². The lowest BCUT2D eigenvalue weighted by Gasteiger charge is -2.10. The van der Waals surface area contributed by atoms with Crippen LogP contribution in [0.3, 0.4) is 0 Å². The zero-order valence-electron chi connectivity index (χ0n) is 8.84. The van der Waals surface area contributed by atoms with Crippen molar-refractivity contribution in [1.29, 1.82) is 0 Å². The number of ether oxygens (including phenoxy) is 1. The van der Waals surface area contributed by atoms with Crippen molar-refractivity contribution < 1.29 is 18.3 Å². The van der Waals surface area contributed by atoms with E-state index in [0.717, 1.165) is 0 Å². The fourth-order valence-corrected chi connectivity index (χ4v) is 2.72. The first-order valence-electron chi connectivity index (χ1n) is 4.74. The van der Waals surface area contributed by atoms with Gasteiger partial charge in [-0.05, 0) is 51.5 Å². The lowest BCUT2D eigenvalue weighted by Crippen LogP contribution is -2.11. The Balaban J connectivity index is 3.08. The van der Waals surface area contributed by atoms with Gasteiger partial charge < -0.3 is 4.74 Å². The molecule has 1 heterocycles. The van der Waals surface area contributed by atoms with Gasteiger partial charge in [-0.1, -0.05) is 0 Å². The van der Waals surface area contributed by atoms with E-state index in [4.69, 9.17) is 4.74 Å². The van der Waals surface area contributed by atoms with Gasteiger partial charge in [0.2, 0.25) is 0 Å². The standard InChI is InChI=1S/C10H9BrF2INO2/c1-2-17-8(16)4-5-6(10(12)13)3-7(14)15-9(5)11/h3,10H,2,4H2,1H3. The highest BCUT2D eigenvalue weighted by molar-refractivity contribution is 14.1. The summed E-state index contributed by atoms with van der Waals surface area (Å²) in [7, 11) is 0. The van der Waals surface area contributed by atoms with Crippen molar-refractivity contribution in [2.75, 3.05) is 6.61 Å². The summed E-state index contributed by atoms with van der Waals surface area (Å²) in [6.45, 7) is 1.88. The molecule has 7 heteroatoms. The van der Waals surface area contributed by atoms with Crippen molar-refractivity contribution in [3.63, 3.8) is 0 Å². The van der Waals surface area contributed by atoms with E-state index in [1.165, 1.54) is 6.07 Å². The molecule has 0 N–H and O–H groups in total. The third kappa shape index (κ3) is 4.13. The minimum absolute atomic E-state index is 0.180. The fourth-order valence-electron chi connectivity index (χ4n) is 1.25. The van der Waals surface area contributed by atoms with E-state index < -0.39 is 12.4 Å². The number of aromatic nitrogens is 1. The summed E-state index contributed by atoms with van der Waals surface area (Å²) in [6.07, 6.45) is -2.86. The second kappa shape index (κ2) is 6.58. The van der Waals surface area contributed by atoms with Crippen molar-refractivity contribution in [3.8, 4) is 0 Å². The molecule has 0 amide bonds. The van der Waals surface area contributed by atoms with Crippen LogP contribution in [-0.4, -0.2) is 17.6 Å². The number of esters is 1. The van der Waals surface area contributed by atoms with Crippen LogP contribution >= 0.6 is 38.5 Å². The van der Waals surface area contributed by atoms with Crippen LogP contribution in [0.15, 0.2) is 10.7 Å². The smallest absolute Gasteiger partial charge is 0.310 e. The third-order valence-corrected chi connectivity index (χ3v) is 3.15. The molecule has 0 unspecified atom stereocenters. The molecule has 0 bridgehead atoms. The predicted octanol–water partition coefficient (Wildman–Crippen LogP) is 3.49. The molecule has 0 saturated heterocycles. The van der Waals surface area contributed by atoms with Crippen molar-refractivity contribution in [2.24, 2.45) is 0 Å². The van der Waals surface area contributed by atoms with E-state index in [-0.39, 0.29) is 28.8 Å². The summed E-state index contributed by atoms with van der Waals surface area (Å²) < 4.78 is 31.1. The quantitative estimate of drug-likeness (QED) is 0.426. The summed E-state index contributed by atoms with van der Waals surface area (Å²) >= 11 is 4.93. The first-order valence-corrected chi connectivity index (χ1v) is 6.61. The Morgan fingerprint density at radius 3 is 2.82 bits per heavy atom. The average Bonchev–Trinajstić information content (AvgIpc) is 2.21. The van der Waals surface area contributed by atoms with Gasteiger partial charge in [0.05, 0.1) is 13.0 Å².